The molecule has 2 N–H and O–H groups in total. The summed E-state index contributed by atoms with van der Waals surface area (Å²) < 4.78 is 32.5. The van der Waals surface area contributed by atoms with Crippen LogP contribution in [0.3, 0.4) is 0 Å². The summed E-state index contributed by atoms with van der Waals surface area (Å²) in [6, 6.07) is 16.5. The van der Waals surface area contributed by atoms with Gasteiger partial charge in [-0.25, -0.2) is 13.4 Å². The topological polar surface area (TPSA) is 114 Å². The van der Waals surface area contributed by atoms with Crippen molar-refractivity contribution in [1.82, 2.24) is 10.1 Å². The normalized spacial score (nSPS) is 11.4. The number of hydrogen-bond acceptors (Lipinski definition) is 6. The van der Waals surface area contributed by atoms with Crippen LogP contribution in [0.15, 0.2) is 76.3 Å². The molecular weight excluding hydrogens is 404 g/mol. The van der Waals surface area contributed by atoms with Crippen LogP contribution in [0.2, 0.25) is 0 Å². The molecule has 0 unspecified atom stereocenters. The van der Waals surface area contributed by atoms with Gasteiger partial charge >= 0.3 is 0 Å². The third-order valence-corrected chi connectivity index (χ3v) is 5.75. The van der Waals surface area contributed by atoms with Crippen LogP contribution in [-0.2, 0) is 21.2 Å². The fourth-order valence-electron chi connectivity index (χ4n) is 2.92. The molecule has 9 heteroatoms. The smallest absolute Gasteiger partial charge is 0.263 e. The molecule has 0 saturated heterocycles. The number of aryl methyl sites for hydroxylation is 1. The van der Waals surface area contributed by atoms with Gasteiger partial charge in [-0.3, -0.25) is 9.52 Å². The maximum atomic E-state index is 12.4. The third kappa shape index (κ3) is 4.31. The number of carbonyl (C=O) groups is 1. The van der Waals surface area contributed by atoms with Crippen molar-refractivity contribution in [2.24, 2.45) is 0 Å². The molecule has 0 radical (unpaired) electrons. The molecule has 30 heavy (non-hydrogen) atoms. The number of rotatable bonds is 6. The largest absolute Gasteiger partial charge is 0.356 e. The van der Waals surface area contributed by atoms with Gasteiger partial charge < -0.3 is 9.84 Å². The zero-order chi connectivity index (χ0) is 21.1. The number of sulfonamides is 1. The predicted octanol–water partition coefficient (Wildman–Crippen LogP) is 3.51. The van der Waals surface area contributed by atoms with Gasteiger partial charge in [0.1, 0.15) is 11.5 Å². The molecule has 2 aromatic heterocycles. The molecule has 0 atom stereocenters. The summed E-state index contributed by atoms with van der Waals surface area (Å²) in [7, 11) is -3.78. The number of nitrogens with one attached hydrogen (secondary N) is 2. The van der Waals surface area contributed by atoms with E-state index in [4.69, 9.17) is 4.52 Å². The predicted molar refractivity (Wildman–Crippen MR) is 113 cm³/mol. The lowest BCUT2D eigenvalue weighted by Gasteiger charge is -2.08. The van der Waals surface area contributed by atoms with Crippen molar-refractivity contribution >= 4 is 38.4 Å². The van der Waals surface area contributed by atoms with Crippen LogP contribution in [0.25, 0.3) is 11.0 Å². The Morgan fingerprint density at radius 2 is 1.87 bits per heavy atom. The van der Waals surface area contributed by atoms with E-state index in [-0.39, 0.29) is 23.0 Å². The Bertz CT molecular complexity index is 1300. The fourth-order valence-corrected chi connectivity index (χ4v) is 3.93. The summed E-state index contributed by atoms with van der Waals surface area (Å²) in [5.74, 6) is -0.0566. The van der Waals surface area contributed by atoms with Gasteiger partial charge in [0, 0.05) is 17.3 Å². The maximum Gasteiger partial charge on any atom is 0.263 e. The summed E-state index contributed by atoms with van der Waals surface area (Å²) >= 11 is 0. The van der Waals surface area contributed by atoms with Crippen molar-refractivity contribution < 1.29 is 17.7 Å². The summed E-state index contributed by atoms with van der Waals surface area (Å²) in [4.78, 5) is 16.4. The molecule has 0 spiro atoms. The Hall–Kier alpha value is -3.72. The van der Waals surface area contributed by atoms with E-state index >= 15 is 0 Å². The van der Waals surface area contributed by atoms with E-state index in [1.54, 1.807) is 18.2 Å². The average Bonchev–Trinajstić information content (AvgIpc) is 3.10. The number of benzene rings is 2. The minimum atomic E-state index is -3.78. The van der Waals surface area contributed by atoms with Gasteiger partial charge in [0.05, 0.1) is 11.3 Å². The highest BCUT2D eigenvalue weighted by atomic mass is 32.2. The van der Waals surface area contributed by atoms with Crippen LogP contribution < -0.4 is 10.0 Å². The second-order valence-corrected chi connectivity index (χ2v) is 8.38. The van der Waals surface area contributed by atoms with Crippen LogP contribution in [0.4, 0.5) is 11.5 Å². The van der Waals surface area contributed by atoms with Gasteiger partial charge in [0.15, 0.2) is 5.58 Å². The molecule has 0 aliphatic rings. The molecule has 0 aliphatic carbocycles. The Kier molecular flexibility index (Phi) is 5.20. The molecule has 0 bridgehead atoms. The van der Waals surface area contributed by atoms with Crippen LogP contribution in [0, 0.1) is 6.92 Å². The summed E-state index contributed by atoms with van der Waals surface area (Å²) in [6.45, 7) is 1.95. The van der Waals surface area contributed by atoms with E-state index < -0.39 is 10.0 Å². The number of aromatic nitrogens is 2. The van der Waals surface area contributed by atoms with Crippen LogP contribution in [0.5, 0.6) is 0 Å². The van der Waals surface area contributed by atoms with E-state index in [1.807, 2.05) is 25.1 Å². The lowest BCUT2D eigenvalue weighted by Crippen LogP contribution is -2.16. The Morgan fingerprint density at radius 3 is 2.60 bits per heavy atom. The highest BCUT2D eigenvalue weighted by Crippen LogP contribution is 2.21. The molecular formula is C21H18N4O4S. The van der Waals surface area contributed by atoms with Crippen molar-refractivity contribution in [1.29, 1.82) is 0 Å². The second-order valence-electron chi connectivity index (χ2n) is 6.70. The number of nitrogens with zero attached hydrogens (tertiary/aromatic N) is 2. The first-order valence-electron chi connectivity index (χ1n) is 9.09. The minimum absolute atomic E-state index is 0.0394. The standard InChI is InChI=1S/C21H18N4O4S/c1-14-5-10-19-17(12-14)18(24-29-19)13-21(26)23-15-6-8-16(9-7-15)30(27,28)25-20-4-2-3-11-22-20/h2-12H,13H2,1H3,(H,22,25)(H,23,26). The first-order valence-corrected chi connectivity index (χ1v) is 10.6. The van der Waals surface area contributed by atoms with Crippen molar-refractivity contribution in [3.05, 3.63) is 78.1 Å². The zero-order valence-electron chi connectivity index (χ0n) is 16.0. The Labute approximate surface area is 173 Å². The molecule has 8 nitrogen and oxygen atoms in total. The van der Waals surface area contributed by atoms with Gasteiger partial charge in [-0.1, -0.05) is 22.9 Å². The van der Waals surface area contributed by atoms with E-state index in [0.717, 1.165) is 10.9 Å². The zero-order valence-corrected chi connectivity index (χ0v) is 16.8. The molecule has 0 aliphatic heterocycles. The Morgan fingerprint density at radius 1 is 1.07 bits per heavy atom. The lowest BCUT2D eigenvalue weighted by atomic mass is 10.1. The molecule has 4 aromatic rings. The number of amides is 1. The van der Waals surface area contributed by atoms with E-state index in [1.165, 1.54) is 30.5 Å². The van der Waals surface area contributed by atoms with Crippen LogP contribution >= 0.6 is 0 Å². The maximum absolute atomic E-state index is 12.4. The van der Waals surface area contributed by atoms with Crippen LogP contribution in [-0.4, -0.2) is 24.5 Å². The number of fused-ring (bicyclic) bond motifs is 1. The summed E-state index contributed by atoms with van der Waals surface area (Å²) in [5, 5.41) is 7.51. The summed E-state index contributed by atoms with van der Waals surface area (Å²) in [6.07, 6.45) is 1.54. The molecule has 152 valence electrons. The highest BCUT2D eigenvalue weighted by Gasteiger charge is 2.16. The van der Waals surface area contributed by atoms with E-state index in [9.17, 15) is 13.2 Å². The molecule has 4 rings (SSSR count). The number of anilines is 2. The van der Waals surface area contributed by atoms with Gasteiger partial charge in [-0.15, -0.1) is 0 Å². The first-order chi connectivity index (χ1) is 14.4. The first kappa shape index (κ1) is 19.6. The number of carbonyl (C=O) groups excluding carboxylic acids is 1. The van der Waals surface area contributed by atoms with E-state index in [0.29, 0.717) is 17.0 Å². The third-order valence-electron chi connectivity index (χ3n) is 4.38. The number of hydrogen-bond donors (Lipinski definition) is 2. The molecule has 1 amide bonds. The van der Waals surface area contributed by atoms with Gasteiger partial charge in [-0.05, 0) is 55.5 Å². The highest BCUT2D eigenvalue weighted by molar-refractivity contribution is 7.92. The van der Waals surface area contributed by atoms with Crippen molar-refractivity contribution in [3.63, 3.8) is 0 Å². The van der Waals surface area contributed by atoms with Crippen molar-refractivity contribution in [2.75, 3.05) is 10.0 Å². The monoisotopic (exact) mass is 422 g/mol. The van der Waals surface area contributed by atoms with Gasteiger partial charge in [-0.2, -0.15) is 0 Å². The summed E-state index contributed by atoms with van der Waals surface area (Å²) in [5.41, 5.74) is 2.69. The molecule has 0 fully saturated rings. The number of pyridine rings is 1. The Balaban J connectivity index is 1.44. The van der Waals surface area contributed by atoms with Crippen molar-refractivity contribution in [3.8, 4) is 0 Å². The van der Waals surface area contributed by atoms with Gasteiger partial charge in [0.2, 0.25) is 5.91 Å². The molecule has 0 saturated carbocycles. The van der Waals surface area contributed by atoms with Crippen molar-refractivity contribution in [2.45, 2.75) is 18.2 Å². The molecule has 2 heterocycles. The minimum Gasteiger partial charge on any atom is -0.356 e. The SMILES string of the molecule is Cc1ccc2onc(CC(=O)Nc3ccc(S(=O)(=O)Nc4ccccn4)cc3)c2c1. The average molecular weight is 422 g/mol. The fraction of sp³-hybridized carbons (Fsp3) is 0.0952. The van der Waals surface area contributed by atoms with E-state index in [2.05, 4.69) is 20.2 Å². The quantitative estimate of drug-likeness (QED) is 0.491. The lowest BCUT2D eigenvalue weighted by molar-refractivity contribution is -0.115. The molecule has 2 aromatic carbocycles. The van der Waals surface area contributed by atoms with Crippen LogP contribution in [0.1, 0.15) is 11.3 Å². The van der Waals surface area contributed by atoms with Gasteiger partial charge in [0.25, 0.3) is 10.0 Å². The second kappa shape index (κ2) is 7.96.